The van der Waals surface area contributed by atoms with Crippen LogP contribution >= 0.6 is 0 Å². The summed E-state index contributed by atoms with van der Waals surface area (Å²) in [4.78, 5) is 4.32. The Kier molecular flexibility index (Phi) is 4.32. The SMILES string of the molecule is CCCn1ncnc1CC(N)c1cccc(C)c1C. The molecular weight excluding hydrogens is 236 g/mol. The zero-order valence-electron chi connectivity index (χ0n) is 11.9. The van der Waals surface area contributed by atoms with E-state index in [0.29, 0.717) is 0 Å². The summed E-state index contributed by atoms with van der Waals surface area (Å²) >= 11 is 0. The number of nitrogens with zero attached hydrogens (tertiary/aromatic N) is 3. The van der Waals surface area contributed by atoms with Crippen LogP contribution < -0.4 is 5.73 Å². The van der Waals surface area contributed by atoms with Crippen molar-refractivity contribution < 1.29 is 0 Å². The van der Waals surface area contributed by atoms with Crippen LogP contribution in [0.15, 0.2) is 24.5 Å². The summed E-state index contributed by atoms with van der Waals surface area (Å²) in [6.07, 6.45) is 3.39. The Balaban J connectivity index is 2.18. The first-order valence-corrected chi connectivity index (χ1v) is 6.81. The van der Waals surface area contributed by atoms with E-state index in [-0.39, 0.29) is 6.04 Å². The van der Waals surface area contributed by atoms with Crippen LogP contribution in [0.5, 0.6) is 0 Å². The van der Waals surface area contributed by atoms with Crippen molar-refractivity contribution in [2.45, 2.75) is 46.2 Å². The smallest absolute Gasteiger partial charge is 0.138 e. The molecule has 1 atom stereocenters. The minimum atomic E-state index is -0.0280. The molecule has 0 spiro atoms. The Morgan fingerprint density at radius 1 is 1.32 bits per heavy atom. The van der Waals surface area contributed by atoms with Gasteiger partial charge in [-0.1, -0.05) is 25.1 Å². The zero-order valence-corrected chi connectivity index (χ0v) is 11.9. The molecule has 1 unspecified atom stereocenters. The summed E-state index contributed by atoms with van der Waals surface area (Å²) in [7, 11) is 0. The lowest BCUT2D eigenvalue weighted by molar-refractivity contribution is 0.547. The number of hydrogen-bond donors (Lipinski definition) is 1. The van der Waals surface area contributed by atoms with Crippen molar-refractivity contribution in [1.82, 2.24) is 14.8 Å². The van der Waals surface area contributed by atoms with E-state index in [1.54, 1.807) is 6.33 Å². The van der Waals surface area contributed by atoms with Gasteiger partial charge in [-0.2, -0.15) is 5.10 Å². The van der Waals surface area contributed by atoms with Crippen molar-refractivity contribution in [3.05, 3.63) is 47.0 Å². The van der Waals surface area contributed by atoms with E-state index in [2.05, 4.69) is 49.1 Å². The summed E-state index contributed by atoms with van der Waals surface area (Å²) in [5.74, 6) is 0.968. The van der Waals surface area contributed by atoms with Gasteiger partial charge in [0.1, 0.15) is 12.2 Å². The highest BCUT2D eigenvalue weighted by molar-refractivity contribution is 5.35. The van der Waals surface area contributed by atoms with Crippen molar-refractivity contribution in [2.75, 3.05) is 0 Å². The van der Waals surface area contributed by atoms with Gasteiger partial charge in [0, 0.05) is 19.0 Å². The third-order valence-electron chi connectivity index (χ3n) is 3.58. The van der Waals surface area contributed by atoms with Gasteiger partial charge in [0.2, 0.25) is 0 Å². The third kappa shape index (κ3) is 3.01. The monoisotopic (exact) mass is 258 g/mol. The molecule has 4 nitrogen and oxygen atoms in total. The summed E-state index contributed by atoms with van der Waals surface area (Å²) < 4.78 is 1.95. The number of benzene rings is 1. The first kappa shape index (κ1) is 13.7. The lowest BCUT2D eigenvalue weighted by atomic mass is 9.96. The predicted octanol–water partition coefficient (Wildman–Crippen LogP) is 2.55. The fourth-order valence-electron chi connectivity index (χ4n) is 2.33. The van der Waals surface area contributed by atoms with E-state index in [9.17, 15) is 0 Å². The van der Waals surface area contributed by atoms with Crippen LogP contribution in [0.25, 0.3) is 0 Å². The molecule has 2 N–H and O–H groups in total. The molecule has 0 aliphatic carbocycles. The zero-order chi connectivity index (χ0) is 13.8. The molecule has 0 saturated carbocycles. The average Bonchev–Trinajstić information content (AvgIpc) is 2.80. The molecule has 2 aromatic rings. The second-order valence-corrected chi connectivity index (χ2v) is 5.00. The molecule has 0 saturated heterocycles. The second kappa shape index (κ2) is 5.97. The summed E-state index contributed by atoms with van der Waals surface area (Å²) in [6, 6.07) is 6.26. The van der Waals surface area contributed by atoms with Gasteiger partial charge in [0.05, 0.1) is 0 Å². The number of aromatic nitrogens is 3. The third-order valence-corrected chi connectivity index (χ3v) is 3.58. The molecule has 4 heteroatoms. The van der Waals surface area contributed by atoms with Crippen molar-refractivity contribution >= 4 is 0 Å². The van der Waals surface area contributed by atoms with Gasteiger partial charge in [0.25, 0.3) is 0 Å². The lowest BCUT2D eigenvalue weighted by Crippen LogP contribution is -2.18. The molecule has 1 aromatic heterocycles. The largest absolute Gasteiger partial charge is 0.324 e. The van der Waals surface area contributed by atoms with Crippen LogP contribution in [-0.4, -0.2) is 14.8 Å². The Morgan fingerprint density at radius 2 is 2.11 bits per heavy atom. The van der Waals surface area contributed by atoms with Crippen LogP contribution in [0.1, 0.15) is 41.9 Å². The Bertz CT molecular complexity index is 545. The van der Waals surface area contributed by atoms with Gasteiger partial charge in [-0.3, -0.25) is 4.68 Å². The molecule has 1 heterocycles. The molecule has 0 aliphatic heterocycles. The van der Waals surface area contributed by atoms with Crippen LogP contribution in [0, 0.1) is 13.8 Å². The number of aryl methyl sites for hydroxylation is 2. The second-order valence-electron chi connectivity index (χ2n) is 5.00. The van der Waals surface area contributed by atoms with E-state index in [4.69, 9.17) is 5.73 Å². The molecule has 0 aliphatic rings. The van der Waals surface area contributed by atoms with Crippen LogP contribution in [0.2, 0.25) is 0 Å². The van der Waals surface area contributed by atoms with Gasteiger partial charge in [-0.25, -0.2) is 4.98 Å². The van der Waals surface area contributed by atoms with Crippen molar-refractivity contribution in [1.29, 1.82) is 0 Å². The van der Waals surface area contributed by atoms with Crippen LogP contribution in [0.4, 0.5) is 0 Å². The van der Waals surface area contributed by atoms with E-state index in [1.165, 1.54) is 16.7 Å². The number of rotatable bonds is 5. The molecule has 102 valence electrons. The Hall–Kier alpha value is -1.68. The van der Waals surface area contributed by atoms with Crippen molar-refractivity contribution in [2.24, 2.45) is 5.73 Å². The first-order valence-electron chi connectivity index (χ1n) is 6.81. The normalized spacial score (nSPS) is 12.6. The standard InChI is InChI=1S/C15H22N4/c1-4-8-19-15(17-10-18-19)9-14(16)13-7-5-6-11(2)12(13)3/h5-7,10,14H,4,8-9,16H2,1-3H3. The van der Waals surface area contributed by atoms with E-state index in [1.807, 2.05) is 4.68 Å². The Labute approximate surface area is 114 Å². The maximum Gasteiger partial charge on any atom is 0.138 e. The van der Waals surface area contributed by atoms with E-state index >= 15 is 0 Å². The van der Waals surface area contributed by atoms with Crippen LogP contribution in [-0.2, 0) is 13.0 Å². The maximum atomic E-state index is 6.34. The number of nitrogens with two attached hydrogens (primary N) is 1. The fourth-order valence-corrected chi connectivity index (χ4v) is 2.33. The van der Waals surface area contributed by atoms with Gasteiger partial charge >= 0.3 is 0 Å². The molecule has 0 radical (unpaired) electrons. The summed E-state index contributed by atoms with van der Waals surface area (Å²) in [5, 5.41) is 4.24. The first-order chi connectivity index (χ1) is 9.13. The van der Waals surface area contributed by atoms with Gasteiger partial charge in [0.15, 0.2) is 0 Å². The molecule has 1 aromatic carbocycles. The predicted molar refractivity (Wildman–Crippen MR) is 76.9 cm³/mol. The molecule has 19 heavy (non-hydrogen) atoms. The summed E-state index contributed by atoms with van der Waals surface area (Å²) in [5.41, 5.74) is 10.1. The molecule has 0 amide bonds. The number of hydrogen-bond acceptors (Lipinski definition) is 3. The highest BCUT2D eigenvalue weighted by Gasteiger charge is 2.14. The minimum absolute atomic E-state index is 0.0280. The average molecular weight is 258 g/mol. The molecule has 0 bridgehead atoms. The molecule has 2 rings (SSSR count). The highest BCUT2D eigenvalue weighted by Crippen LogP contribution is 2.21. The molecule has 0 fully saturated rings. The highest BCUT2D eigenvalue weighted by atomic mass is 15.3. The molecular formula is C15H22N4. The quantitative estimate of drug-likeness (QED) is 0.896. The van der Waals surface area contributed by atoms with Gasteiger partial charge in [-0.05, 0) is 37.0 Å². The van der Waals surface area contributed by atoms with Gasteiger partial charge < -0.3 is 5.73 Å². The maximum absolute atomic E-state index is 6.34. The topological polar surface area (TPSA) is 56.7 Å². The van der Waals surface area contributed by atoms with Crippen LogP contribution in [0.3, 0.4) is 0 Å². The summed E-state index contributed by atoms with van der Waals surface area (Å²) in [6.45, 7) is 7.28. The minimum Gasteiger partial charge on any atom is -0.324 e. The lowest BCUT2D eigenvalue weighted by Gasteiger charge is -2.16. The fraction of sp³-hybridized carbons (Fsp3) is 0.467. The van der Waals surface area contributed by atoms with E-state index in [0.717, 1.165) is 25.2 Å². The van der Waals surface area contributed by atoms with Crippen molar-refractivity contribution in [3.63, 3.8) is 0 Å². The Morgan fingerprint density at radius 3 is 2.84 bits per heavy atom. The van der Waals surface area contributed by atoms with Gasteiger partial charge in [-0.15, -0.1) is 0 Å². The van der Waals surface area contributed by atoms with Crippen molar-refractivity contribution in [3.8, 4) is 0 Å². The van der Waals surface area contributed by atoms with E-state index < -0.39 is 0 Å².